The first-order valence-electron chi connectivity index (χ1n) is 11.4. The van der Waals surface area contributed by atoms with Gasteiger partial charge in [-0.3, -0.25) is 9.89 Å². The molecule has 0 saturated carbocycles. The minimum absolute atomic E-state index is 0. The summed E-state index contributed by atoms with van der Waals surface area (Å²) in [5.41, 5.74) is 1.16. The van der Waals surface area contributed by atoms with Crippen molar-refractivity contribution < 1.29 is 9.47 Å². The smallest absolute Gasteiger partial charge is 0.191 e. The number of aliphatic imine (C=N–C) groups is 1. The average molecular weight is 546 g/mol. The standard InChI is InChI=1S/C23H39N5O2.HI/c1-5-27-11-7-6-8-19(27)17-25-23(24-2)26-18-9-12-28(13-10-18)20-14-21(29-3)16-22(15-20)30-4;/h14-16,18-19H,5-13,17H2,1-4H3,(H2,24,25,26);1H. The third-order valence-electron chi connectivity index (χ3n) is 6.42. The van der Waals surface area contributed by atoms with Gasteiger partial charge < -0.3 is 25.0 Å². The zero-order valence-corrected chi connectivity index (χ0v) is 21.9. The summed E-state index contributed by atoms with van der Waals surface area (Å²) in [6.07, 6.45) is 6.09. The summed E-state index contributed by atoms with van der Waals surface area (Å²) >= 11 is 0. The molecule has 2 aliphatic heterocycles. The number of methoxy groups -OCH3 is 2. The predicted molar refractivity (Wildman–Crippen MR) is 140 cm³/mol. The highest BCUT2D eigenvalue weighted by molar-refractivity contribution is 14.0. The molecule has 2 fully saturated rings. The summed E-state index contributed by atoms with van der Waals surface area (Å²) in [5, 5.41) is 7.21. The number of nitrogens with zero attached hydrogens (tertiary/aromatic N) is 3. The zero-order chi connectivity index (χ0) is 21.3. The monoisotopic (exact) mass is 545 g/mol. The van der Waals surface area contributed by atoms with Crippen LogP contribution in [0.3, 0.4) is 0 Å². The second-order valence-electron chi connectivity index (χ2n) is 8.21. The lowest BCUT2D eigenvalue weighted by Crippen LogP contribution is -2.52. The first kappa shape index (κ1) is 25.8. The zero-order valence-electron chi connectivity index (χ0n) is 19.5. The van der Waals surface area contributed by atoms with Crippen LogP contribution in [0.2, 0.25) is 0 Å². The van der Waals surface area contributed by atoms with E-state index in [0.717, 1.165) is 62.2 Å². The second kappa shape index (κ2) is 13.2. The molecule has 176 valence electrons. The molecule has 0 spiro atoms. The molecule has 0 amide bonds. The van der Waals surface area contributed by atoms with Crippen molar-refractivity contribution in [2.24, 2.45) is 4.99 Å². The molecule has 8 heteroatoms. The summed E-state index contributed by atoms with van der Waals surface area (Å²) in [5.74, 6) is 2.59. The Labute approximate surface area is 205 Å². The van der Waals surface area contributed by atoms with Crippen LogP contribution in [-0.4, -0.2) is 76.9 Å². The van der Waals surface area contributed by atoms with E-state index in [1.165, 1.54) is 25.8 Å². The van der Waals surface area contributed by atoms with Gasteiger partial charge in [-0.05, 0) is 38.8 Å². The minimum atomic E-state index is 0. The van der Waals surface area contributed by atoms with Crippen molar-refractivity contribution in [3.8, 4) is 11.5 Å². The van der Waals surface area contributed by atoms with E-state index in [4.69, 9.17) is 9.47 Å². The first-order chi connectivity index (χ1) is 14.7. The number of likely N-dealkylation sites (tertiary alicyclic amines) is 1. The van der Waals surface area contributed by atoms with Crippen LogP contribution in [0.4, 0.5) is 5.69 Å². The molecule has 2 saturated heterocycles. The topological polar surface area (TPSA) is 61.4 Å². The van der Waals surface area contributed by atoms with E-state index >= 15 is 0 Å². The summed E-state index contributed by atoms with van der Waals surface area (Å²) in [7, 11) is 5.26. The Morgan fingerprint density at radius 2 is 1.71 bits per heavy atom. The van der Waals surface area contributed by atoms with Gasteiger partial charge in [-0.15, -0.1) is 24.0 Å². The van der Waals surface area contributed by atoms with Crippen LogP contribution in [0.15, 0.2) is 23.2 Å². The number of piperidine rings is 2. The Bertz CT molecular complexity index is 672. The molecule has 2 N–H and O–H groups in total. The summed E-state index contributed by atoms with van der Waals surface area (Å²) < 4.78 is 10.8. The Morgan fingerprint density at radius 1 is 1.03 bits per heavy atom. The van der Waals surface area contributed by atoms with Crippen LogP contribution in [0.25, 0.3) is 0 Å². The molecule has 0 bridgehead atoms. The number of ether oxygens (including phenoxy) is 2. The molecule has 3 rings (SSSR count). The molecule has 7 nitrogen and oxygen atoms in total. The number of likely N-dealkylation sites (N-methyl/N-ethyl adjacent to an activating group) is 1. The predicted octanol–water partition coefficient (Wildman–Crippen LogP) is 3.33. The largest absolute Gasteiger partial charge is 0.497 e. The van der Waals surface area contributed by atoms with Gasteiger partial charge in [0.25, 0.3) is 0 Å². The number of hydrogen-bond donors (Lipinski definition) is 2. The molecular weight excluding hydrogens is 505 g/mol. The lowest BCUT2D eigenvalue weighted by atomic mass is 10.0. The van der Waals surface area contributed by atoms with Crippen molar-refractivity contribution in [3.05, 3.63) is 18.2 Å². The van der Waals surface area contributed by atoms with Crippen LogP contribution >= 0.6 is 24.0 Å². The lowest BCUT2D eigenvalue weighted by molar-refractivity contribution is 0.157. The number of halogens is 1. The van der Waals surface area contributed by atoms with Crippen molar-refractivity contribution in [2.75, 3.05) is 58.9 Å². The van der Waals surface area contributed by atoms with Crippen molar-refractivity contribution in [1.29, 1.82) is 0 Å². The van der Waals surface area contributed by atoms with E-state index in [1.54, 1.807) is 14.2 Å². The van der Waals surface area contributed by atoms with Crippen molar-refractivity contribution in [2.45, 2.75) is 51.1 Å². The third-order valence-corrected chi connectivity index (χ3v) is 6.42. The molecule has 31 heavy (non-hydrogen) atoms. The van der Waals surface area contributed by atoms with Gasteiger partial charge in [0.1, 0.15) is 11.5 Å². The second-order valence-corrected chi connectivity index (χ2v) is 8.21. The maximum absolute atomic E-state index is 5.42. The Kier molecular flexibility index (Phi) is 11.0. The Hall–Kier alpha value is -1.42. The lowest BCUT2D eigenvalue weighted by Gasteiger charge is -2.36. The molecular formula is C23H40IN5O2. The molecule has 1 unspecified atom stereocenters. The molecule has 1 aromatic rings. The third kappa shape index (κ3) is 7.30. The highest BCUT2D eigenvalue weighted by Crippen LogP contribution is 2.30. The maximum Gasteiger partial charge on any atom is 0.191 e. The molecule has 2 heterocycles. The molecule has 2 aliphatic rings. The Morgan fingerprint density at radius 3 is 2.29 bits per heavy atom. The number of guanidine groups is 1. The SMILES string of the molecule is CCN1CCCCC1CNC(=NC)NC1CCN(c2cc(OC)cc(OC)c2)CC1.I. The fourth-order valence-corrected chi connectivity index (χ4v) is 4.57. The van der Waals surface area contributed by atoms with E-state index in [-0.39, 0.29) is 24.0 Å². The van der Waals surface area contributed by atoms with E-state index in [9.17, 15) is 0 Å². The molecule has 0 aliphatic carbocycles. The van der Waals surface area contributed by atoms with E-state index in [0.29, 0.717) is 12.1 Å². The van der Waals surface area contributed by atoms with Crippen LogP contribution in [-0.2, 0) is 0 Å². The van der Waals surface area contributed by atoms with E-state index < -0.39 is 0 Å². The number of benzene rings is 1. The van der Waals surface area contributed by atoms with E-state index in [2.05, 4.69) is 44.5 Å². The summed E-state index contributed by atoms with van der Waals surface area (Å²) in [6.45, 7) is 7.58. The van der Waals surface area contributed by atoms with Gasteiger partial charge in [-0.25, -0.2) is 0 Å². The molecule has 1 atom stereocenters. The minimum Gasteiger partial charge on any atom is -0.497 e. The number of nitrogens with one attached hydrogen (secondary N) is 2. The van der Waals surface area contributed by atoms with Gasteiger partial charge in [-0.1, -0.05) is 13.3 Å². The van der Waals surface area contributed by atoms with Gasteiger partial charge in [-0.2, -0.15) is 0 Å². The van der Waals surface area contributed by atoms with Crippen LogP contribution in [0, 0.1) is 0 Å². The molecule has 0 radical (unpaired) electrons. The number of anilines is 1. The van der Waals surface area contributed by atoms with E-state index in [1.807, 2.05) is 13.1 Å². The quantitative estimate of drug-likeness (QED) is 0.312. The van der Waals surface area contributed by atoms with Gasteiger partial charge in [0, 0.05) is 62.7 Å². The van der Waals surface area contributed by atoms with Gasteiger partial charge >= 0.3 is 0 Å². The fraction of sp³-hybridized carbons (Fsp3) is 0.696. The number of rotatable bonds is 7. The first-order valence-corrected chi connectivity index (χ1v) is 11.4. The van der Waals surface area contributed by atoms with Crippen LogP contribution < -0.4 is 25.0 Å². The molecule has 0 aromatic heterocycles. The highest BCUT2D eigenvalue weighted by Gasteiger charge is 2.23. The van der Waals surface area contributed by atoms with Crippen molar-refractivity contribution >= 4 is 35.6 Å². The molecule has 1 aromatic carbocycles. The van der Waals surface area contributed by atoms with Crippen LogP contribution in [0.5, 0.6) is 11.5 Å². The van der Waals surface area contributed by atoms with Crippen molar-refractivity contribution in [1.82, 2.24) is 15.5 Å². The highest BCUT2D eigenvalue weighted by atomic mass is 127. The fourth-order valence-electron chi connectivity index (χ4n) is 4.57. The number of hydrogen-bond acceptors (Lipinski definition) is 5. The van der Waals surface area contributed by atoms with Gasteiger partial charge in [0.2, 0.25) is 0 Å². The Balaban J connectivity index is 0.00000341. The summed E-state index contributed by atoms with van der Waals surface area (Å²) in [6, 6.07) is 7.14. The normalized spacial score (nSPS) is 20.7. The average Bonchev–Trinajstić information content (AvgIpc) is 2.81. The summed E-state index contributed by atoms with van der Waals surface area (Å²) in [4.78, 5) is 9.46. The maximum atomic E-state index is 5.42. The van der Waals surface area contributed by atoms with Crippen LogP contribution in [0.1, 0.15) is 39.0 Å². The van der Waals surface area contributed by atoms with Gasteiger partial charge in [0.05, 0.1) is 14.2 Å². The van der Waals surface area contributed by atoms with Crippen molar-refractivity contribution in [3.63, 3.8) is 0 Å². The van der Waals surface area contributed by atoms with Gasteiger partial charge in [0.15, 0.2) is 5.96 Å².